The second kappa shape index (κ2) is 9.55. The van der Waals surface area contributed by atoms with Gasteiger partial charge in [0, 0.05) is 0 Å². The van der Waals surface area contributed by atoms with E-state index in [0.717, 1.165) is 12.8 Å². The van der Waals surface area contributed by atoms with Crippen LogP contribution < -0.4 is 24.8 Å². The van der Waals surface area contributed by atoms with Gasteiger partial charge in [0.05, 0.1) is 0 Å². The van der Waals surface area contributed by atoms with E-state index in [-0.39, 0.29) is 30.2 Å². The average molecular weight is 474 g/mol. The monoisotopic (exact) mass is 471 g/mol. The van der Waals surface area contributed by atoms with Crippen molar-refractivity contribution >= 4 is 0 Å². The number of halogens is 2. The summed E-state index contributed by atoms with van der Waals surface area (Å²) in [5.41, 5.74) is 7.60. The van der Waals surface area contributed by atoms with Crippen molar-refractivity contribution in [1.82, 2.24) is 0 Å². The fourth-order valence-corrected chi connectivity index (χ4v) is 5.08. The molecule has 0 saturated carbocycles. The first-order chi connectivity index (χ1) is 12.3. The fourth-order valence-electron chi connectivity index (χ4n) is 4.67. The van der Waals surface area contributed by atoms with Gasteiger partial charge in [-0.25, -0.2) is 0 Å². The molecule has 0 nitrogen and oxygen atoms in total. The molecule has 1 unspecified atom stereocenters. The van der Waals surface area contributed by atoms with Crippen LogP contribution >= 0.6 is 0 Å². The van der Waals surface area contributed by atoms with Crippen LogP contribution in [0.3, 0.4) is 0 Å². The van der Waals surface area contributed by atoms with E-state index in [0.29, 0.717) is 5.92 Å². The predicted molar refractivity (Wildman–Crippen MR) is 102 cm³/mol. The first kappa shape index (κ1) is 22.4. The van der Waals surface area contributed by atoms with Crippen molar-refractivity contribution in [2.45, 2.75) is 32.1 Å². The van der Waals surface area contributed by atoms with Gasteiger partial charge in [-0.3, -0.25) is 0 Å². The number of benzene rings is 2. The quantitative estimate of drug-likeness (QED) is 0.595. The van der Waals surface area contributed by atoms with Crippen LogP contribution in [0.4, 0.5) is 0 Å². The van der Waals surface area contributed by atoms with Crippen molar-refractivity contribution in [1.29, 1.82) is 0 Å². The Labute approximate surface area is 190 Å². The third-order valence-electron chi connectivity index (χ3n) is 5.92. The van der Waals surface area contributed by atoms with Crippen molar-refractivity contribution in [2.75, 3.05) is 0 Å². The number of hydrogen-bond donors (Lipinski definition) is 0. The molecule has 0 saturated heterocycles. The van der Waals surface area contributed by atoms with E-state index in [1.807, 2.05) is 0 Å². The third-order valence-corrected chi connectivity index (χ3v) is 6.50. The van der Waals surface area contributed by atoms with Crippen LogP contribution in [0.1, 0.15) is 43.2 Å². The van der Waals surface area contributed by atoms with E-state index in [1.54, 1.807) is 5.57 Å². The maximum atomic E-state index is 2.49. The Morgan fingerprint density at radius 2 is 1.59 bits per heavy atom. The van der Waals surface area contributed by atoms with Crippen LogP contribution in [0, 0.1) is 5.41 Å². The van der Waals surface area contributed by atoms with Gasteiger partial charge in [-0.1, -0.05) is 0 Å². The molecular weight excluding hydrogens is 450 g/mol. The first-order valence-electron chi connectivity index (χ1n) is 9.12. The van der Waals surface area contributed by atoms with Gasteiger partial charge in [0.2, 0.25) is 0 Å². The van der Waals surface area contributed by atoms with E-state index in [9.17, 15) is 0 Å². The molecule has 0 aromatic heterocycles. The molecule has 0 amide bonds. The summed E-state index contributed by atoms with van der Waals surface area (Å²) in [6, 6.07) is 18.0. The first-order valence-corrected chi connectivity index (χ1v) is 10.5. The maximum Gasteiger partial charge on any atom is -1.00 e. The van der Waals surface area contributed by atoms with Crippen molar-refractivity contribution in [3.63, 3.8) is 0 Å². The summed E-state index contributed by atoms with van der Waals surface area (Å²) in [6.07, 6.45) is 12.7. The van der Waals surface area contributed by atoms with Gasteiger partial charge in [0.25, 0.3) is 0 Å². The van der Waals surface area contributed by atoms with Gasteiger partial charge < -0.3 is 24.8 Å². The summed E-state index contributed by atoms with van der Waals surface area (Å²) in [5, 5.41) is 0. The Morgan fingerprint density at radius 3 is 2.11 bits per heavy atom. The van der Waals surface area contributed by atoms with E-state index in [2.05, 4.69) is 83.5 Å². The Bertz CT molecular complexity index is 836. The fraction of sp³-hybridized carbons (Fsp3) is 0.250. The van der Waals surface area contributed by atoms with Crippen LogP contribution in [0.5, 0.6) is 0 Å². The third kappa shape index (κ3) is 3.98. The van der Waals surface area contributed by atoms with Crippen molar-refractivity contribution in [2.24, 2.45) is 5.41 Å². The molecule has 0 fully saturated rings. The maximum absolute atomic E-state index is 2.49. The summed E-state index contributed by atoms with van der Waals surface area (Å²) in [6.45, 7) is 2.49. The molecule has 0 aliphatic heterocycles. The molecule has 3 heteroatoms. The van der Waals surface area contributed by atoms with Gasteiger partial charge in [0.15, 0.2) is 0 Å². The van der Waals surface area contributed by atoms with Crippen LogP contribution in [-0.2, 0) is 24.7 Å². The van der Waals surface area contributed by atoms with Crippen molar-refractivity contribution in [3.8, 4) is 11.1 Å². The molecule has 2 aromatic carbocycles. The minimum Gasteiger partial charge on any atom is -1.00 e. The molecule has 2 aliphatic carbocycles. The van der Waals surface area contributed by atoms with E-state index in [1.165, 1.54) is 53.4 Å². The van der Waals surface area contributed by atoms with Gasteiger partial charge in [-0.2, -0.15) is 0 Å². The van der Waals surface area contributed by atoms with Crippen molar-refractivity contribution in [3.05, 3.63) is 93.3 Å². The van der Waals surface area contributed by atoms with Crippen molar-refractivity contribution < 1.29 is 49.5 Å². The van der Waals surface area contributed by atoms with Crippen LogP contribution in [-0.4, -0.2) is 0 Å². The Morgan fingerprint density at radius 1 is 1.00 bits per heavy atom. The molecule has 0 heterocycles. The molecule has 137 valence electrons. The molecule has 2 aliphatic rings. The molecule has 0 N–H and O–H groups in total. The van der Waals surface area contributed by atoms with Crippen LogP contribution in [0.2, 0.25) is 0 Å². The Hall–Kier alpha value is -0.877. The van der Waals surface area contributed by atoms with E-state index >= 15 is 0 Å². The second-order valence-corrected chi connectivity index (χ2v) is 8.11. The zero-order chi connectivity index (χ0) is 17.3. The second-order valence-electron chi connectivity index (χ2n) is 7.29. The van der Waals surface area contributed by atoms with Gasteiger partial charge in [0.1, 0.15) is 0 Å². The zero-order valence-corrected chi connectivity index (χ0v) is 19.4. The molecule has 0 radical (unpaired) electrons. The SMILES string of the molecule is CC(CCC=[CH][Zr+2])(C1=CC=CC1)C1c2ccccc2-c2ccccc21.[Cl-].[Cl-]. The van der Waals surface area contributed by atoms with Gasteiger partial charge >= 0.3 is 167 Å². The molecule has 0 bridgehead atoms. The number of allylic oxidation sites excluding steroid dienone is 5. The summed E-state index contributed by atoms with van der Waals surface area (Å²) in [5.74, 6) is 0.448. The normalized spacial score (nSPS) is 16.9. The van der Waals surface area contributed by atoms with Gasteiger partial charge in [-0.15, -0.1) is 0 Å². The molecular formula is C24H23Cl2Zr. The minimum atomic E-state index is 0. The molecule has 1 atom stereocenters. The smallest absolute Gasteiger partial charge is 1.00 e. The largest absolute Gasteiger partial charge is 1.00 e. The molecule has 4 rings (SSSR count). The van der Waals surface area contributed by atoms with Crippen LogP contribution in [0.15, 0.2) is 82.2 Å². The number of rotatable bonds is 5. The Balaban J connectivity index is 0.00000131. The summed E-state index contributed by atoms with van der Waals surface area (Å²) >= 11 is 1.49. The summed E-state index contributed by atoms with van der Waals surface area (Å²) < 4.78 is 2.27. The van der Waals surface area contributed by atoms with Crippen LogP contribution in [0.25, 0.3) is 11.1 Å². The molecule has 0 spiro atoms. The average Bonchev–Trinajstić information content (AvgIpc) is 3.29. The number of hydrogen-bond acceptors (Lipinski definition) is 0. The molecule has 2 aromatic rings. The summed E-state index contributed by atoms with van der Waals surface area (Å²) in [4.78, 5) is 0. The van der Waals surface area contributed by atoms with Gasteiger partial charge in [-0.05, 0) is 0 Å². The molecule has 27 heavy (non-hydrogen) atoms. The summed E-state index contributed by atoms with van der Waals surface area (Å²) in [7, 11) is 0. The van der Waals surface area contributed by atoms with E-state index in [4.69, 9.17) is 0 Å². The Kier molecular flexibility index (Phi) is 7.93. The van der Waals surface area contributed by atoms with E-state index < -0.39 is 0 Å². The zero-order valence-electron chi connectivity index (χ0n) is 15.5. The predicted octanol–water partition coefficient (Wildman–Crippen LogP) is 0.540. The minimum absolute atomic E-state index is 0. The standard InChI is InChI=1S/C24H23.2ClH.Zr/c1-3-4-17-24(2,18-11-5-6-12-18)23-21-15-9-7-13-19(21)20-14-8-10-16-22(20)23;;;/h1,3,5-11,13-16,23H,4,12,17H2,2H3;2*1H;/q;;;+2/p-2. The number of fused-ring (bicyclic) bond motifs is 3. The topological polar surface area (TPSA) is 0 Å².